The molecule has 0 saturated carbocycles. The summed E-state index contributed by atoms with van der Waals surface area (Å²) in [5, 5.41) is 8.09. The average Bonchev–Trinajstić information content (AvgIpc) is 2.92. The van der Waals surface area contributed by atoms with Crippen molar-refractivity contribution in [1.82, 2.24) is 5.43 Å². The summed E-state index contributed by atoms with van der Waals surface area (Å²) < 4.78 is 24.7. The Kier molecular flexibility index (Phi) is 6.58. The Labute approximate surface area is 207 Å². The van der Waals surface area contributed by atoms with Crippen LogP contribution in [-0.4, -0.2) is 19.2 Å². The lowest BCUT2D eigenvalue weighted by atomic mass is 10.0. The Hall–Kier alpha value is -4.71. The summed E-state index contributed by atoms with van der Waals surface area (Å²) in [7, 11) is 1.53. The van der Waals surface area contributed by atoms with Gasteiger partial charge in [0.25, 0.3) is 5.91 Å². The number of methoxy groups -OCH3 is 1. The van der Waals surface area contributed by atoms with Gasteiger partial charge in [-0.2, -0.15) is 5.10 Å². The van der Waals surface area contributed by atoms with Crippen LogP contribution in [0.2, 0.25) is 0 Å². The van der Waals surface area contributed by atoms with Gasteiger partial charge in [-0.05, 0) is 57.4 Å². The molecule has 0 saturated heterocycles. The van der Waals surface area contributed by atoms with E-state index < -0.39 is 0 Å². The Bertz CT molecular complexity index is 1580. The highest BCUT2D eigenvalue weighted by atomic mass is 19.1. The van der Waals surface area contributed by atoms with Crippen molar-refractivity contribution < 1.29 is 18.7 Å². The van der Waals surface area contributed by atoms with Crippen LogP contribution >= 0.6 is 0 Å². The third-order valence-corrected chi connectivity index (χ3v) is 5.91. The maximum absolute atomic E-state index is 13.2. The maximum atomic E-state index is 13.2. The third-order valence-electron chi connectivity index (χ3n) is 5.91. The van der Waals surface area contributed by atoms with E-state index >= 15 is 0 Å². The number of nitrogens with zero attached hydrogens (tertiary/aromatic N) is 1. The Morgan fingerprint density at radius 2 is 1.56 bits per heavy atom. The van der Waals surface area contributed by atoms with E-state index in [4.69, 9.17) is 9.47 Å². The summed E-state index contributed by atoms with van der Waals surface area (Å²) in [4.78, 5) is 13.0. The molecule has 0 atom stereocenters. The topological polar surface area (TPSA) is 59.9 Å². The summed E-state index contributed by atoms with van der Waals surface area (Å²) in [6.45, 7) is 0.264. The van der Waals surface area contributed by atoms with Crippen LogP contribution in [0.5, 0.6) is 11.5 Å². The molecule has 36 heavy (non-hydrogen) atoms. The Balaban J connectivity index is 1.42. The van der Waals surface area contributed by atoms with Crippen LogP contribution in [-0.2, 0) is 6.61 Å². The number of benzene rings is 5. The molecule has 0 radical (unpaired) electrons. The van der Waals surface area contributed by atoms with Crippen molar-refractivity contribution in [2.75, 3.05) is 7.11 Å². The number of carbonyl (C=O) groups is 1. The van der Waals surface area contributed by atoms with Gasteiger partial charge in [0.1, 0.15) is 23.9 Å². The monoisotopic (exact) mass is 478 g/mol. The number of nitrogens with one attached hydrogen (secondary N) is 1. The molecule has 0 aliphatic carbocycles. The molecular weight excluding hydrogens is 455 g/mol. The van der Waals surface area contributed by atoms with Crippen LogP contribution in [0.15, 0.2) is 102 Å². The van der Waals surface area contributed by atoms with Crippen LogP contribution in [0, 0.1) is 5.82 Å². The van der Waals surface area contributed by atoms with Crippen LogP contribution in [0.25, 0.3) is 21.5 Å². The predicted octanol–water partition coefficient (Wildman–Crippen LogP) is 6.48. The zero-order valence-electron chi connectivity index (χ0n) is 19.6. The van der Waals surface area contributed by atoms with Crippen LogP contribution < -0.4 is 14.9 Å². The summed E-state index contributed by atoms with van der Waals surface area (Å²) in [5.74, 6) is 0.383. The van der Waals surface area contributed by atoms with Crippen molar-refractivity contribution in [3.8, 4) is 11.5 Å². The molecule has 0 aromatic heterocycles. The first-order chi connectivity index (χ1) is 17.6. The summed E-state index contributed by atoms with van der Waals surface area (Å²) in [5.41, 5.74) is 4.56. The van der Waals surface area contributed by atoms with E-state index in [0.29, 0.717) is 17.1 Å². The third kappa shape index (κ3) is 4.88. The minimum Gasteiger partial charge on any atom is -0.496 e. The quantitative estimate of drug-likeness (QED) is 0.215. The molecule has 0 unspecified atom stereocenters. The number of hydrazone groups is 1. The zero-order chi connectivity index (χ0) is 24.9. The summed E-state index contributed by atoms with van der Waals surface area (Å²) in [6.07, 6.45) is 1.58. The van der Waals surface area contributed by atoms with Crippen molar-refractivity contribution in [1.29, 1.82) is 0 Å². The molecule has 0 heterocycles. The molecule has 0 spiro atoms. The second kappa shape index (κ2) is 10.3. The number of hydrogen-bond acceptors (Lipinski definition) is 4. The van der Waals surface area contributed by atoms with Crippen molar-refractivity contribution in [2.45, 2.75) is 6.61 Å². The van der Waals surface area contributed by atoms with Crippen LogP contribution in [0.3, 0.4) is 0 Å². The minimum absolute atomic E-state index is 0.264. The van der Waals surface area contributed by atoms with Gasteiger partial charge in [-0.15, -0.1) is 0 Å². The van der Waals surface area contributed by atoms with Gasteiger partial charge in [0, 0.05) is 5.56 Å². The summed E-state index contributed by atoms with van der Waals surface area (Å²) in [6, 6.07) is 29.2. The van der Waals surface area contributed by atoms with E-state index in [1.165, 1.54) is 19.2 Å². The van der Waals surface area contributed by atoms with Gasteiger partial charge >= 0.3 is 0 Å². The first-order valence-electron chi connectivity index (χ1n) is 11.4. The number of rotatable bonds is 7. The molecule has 5 aromatic rings. The van der Waals surface area contributed by atoms with E-state index in [-0.39, 0.29) is 18.3 Å². The Morgan fingerprint density at radius 1 is 0.861 bits per heavy atom. The van der Waals surface area contributed by atoms with Crippen LogP contribution in [0.4, 0.5) is 4.39 Å². The van der Waals surface area contributed by atoms with Crippen molar-refractivity contribution in [2.24, 2.45) is 5.10 Å². The largest absolute Gasteiger partial charge is 0.496 e. The van der Waals surface area contributed by atoms with Gasteiger partial charge in [-0.1, -0.05) is 66.7 Å². The molecule has 0 aliphatic heterocycles. The van der Waals surface area contributed by atoms with E-state index in [0.717, 1.165) is 32.7 Å². The first kappa shape index (κ1) is 23.1. The molecule has 1 amide bonds. The number of carbonyl (C=O) groups excluding carboxylic acids is 1. The molecule has 5 nitrogen and oxygen atoms in total. The van der Waals surface area contributed by atoms with Crippen molar-refractivity contribution in [3.05, 3.63) is 120 Å². The van der Waals surface area contributed by atoms with E-state index in [2.05, 4.69) is 10.5 Å². The molecule has 6 heteroatoms. The summed E-state index contributed by atoms with van der Waals surface area (Å²) >= 11 is 0. The number of fused-ring (bicyclic) bond motifs is 2. The minimum atomic E-state index is -0.386. The lowest BCUT2D eigenvalue weighted by Crippen LogP contribution is -2.18. The average molecular weight is 479 g/mol. The van der Waals surface area contributed by atoms with Gasteiger partial charge in [0.2, 0.25) is 0 Å². The second-order valence-electron chi connectivity index (χ2n) is 8.21. The normalized spacial score (nSPS) is 11.2. The molecule has 5 rings (SSSR count). The lowest BCUT2D eigenvalue weighted by Gasteiger charge is -2.12. The number of ether oxygens (including phenoxy) is 2. The van der Waals surface area contributed by atoms with E-state index in [1.54, 1.807) is 24.4 Å². The highest BCUT2D eigenvalue weighted by Crippen LogP contribution is 2.28. The SMILES string of the molecule is COc1cc2ccccc2cc1C(=O)N/N=C\c1c(OCc2ccc(F)cc2)ccc2ccccc12. The fourth-order valence-corrected chi connectivity index (χ4v) is 4.06. The van der Waals surface area contributed by atoms with Crippen LogP contribution in [0.1, 0.15) is 21.5 Å². The van der Waals surface area contributed by atoms with E-state index in [1.807, 2.05) is 66.7 Å². The van der Waals surface area contributed by atoms with Gasteiger partial charge < -0.3 is 9.47 Å². The molecule has 0 aliphatic rings. The maximum Gasteiger partial charge on any atom is 0.275 e. The molecule has 1 N–H and O–H groups in total. The lowest BCUT2D eigenvalue weighted by molar-refractivity contribution is 0.0952. The smallest absolute Gasteiger partial charge is 0.275 e. The number of amides is 1. The molecular formula is C30H23FN2O3. The molecule has 5 aromatic carbocycles. The standard InChI is InChI=1S/C30H23FN2O3/c1-35-29-17-23-8-3-2-7-22(23)16-26(29)30(34)33-32-18-27-25-9-5-4-6-21(25)12-15-28(27)36-19-20-10-13-24(31)14-11-20/h2-18H,19H2,1H3,(H,33,34)/b32-18-. The van der Waals surface area contributed by atoms with E-state index in [9.17, 15) is 9.18 Å². The molecule has 178 valence electrons. The van der Waals surface area contributed by atoms with Crippen molar-refractivity contribution >= 4 is 33.7 Å². The number of hydrogen-bond donors (Lipinski definition) is 1. The van der Waals surface area contributed by atoms with Gasteiger partial charge in [0.15, 0.2) is 0 Å². The second-order valence-corrected chi connectivity index (χ2v) is 8.21. The first-order valence-corrected chi connectivity index (χ1v) is 11.4. The highest BCUT2D eigenvalue weighted by molar-refractivity contribution is 6.04. The fourth-order valence-electron chi connectivity index (χ4n) is 4.06. The predicted molar refractivity (Wildman–Crippen MR) is 140 cm³/mol. The zero-order valence-corrected chi connectivity index (χ0v) is 19.6. The fraction of sp³-hybridized carbons (Fsp3) is 0.0667. The molecule has 0 bridgehead atoms. The highest BCUT2D eigenvalue weighted by Gasteiger charge is 2.14. The van der Waals surface area contributed by atoms with Gasteiger partial charge in [0.05, 0.1) is 18.9 Å². The van der Waals surface area contributed by atoms with Gasteiger partial charge in [-0.25, -0.2) is 9.82 Å². The Morgan fingerprint density at radius 3 is 2.31 bits per heavy atom. The molecule has 0 fully saturated rings. The number of halogens is 1. The van der Waals surface area contributed by atoms with Gasteiger partial charge in [-0.3, -0.25) is 4.79 Å². The van der Waals surface area contributed by atoms with Crippen molar-refractivity contribution in [3.63, 3.8) is 0 Å².